The summed E-state index contributed by atoms with van der Waals surface area (Å²) in [5.41, 5.74) is 0. The third kappa shape index (κ3) is 5.91. The molecule has 0 aliphatic rings. The molecule has 0 aliphatic heterocycles. The highest BCUT2D eigenvalue weighted by molar-refractivity contribution is 7.49. The number of rotatable bonds is 8. The quantitative estimate of drug-likeness (QED) is 0.309. The highest BCUT2D eigenvalue weighted by Gasteiger charge is 2.34. The van der Waals surface area contributed by atoms with Crippen LogP contribution in [0.4, 0.5) is 0 Å². The van der Waals surface area contributed by atoms with E-state index < -0.39 is 16.1 Å². The van der Waals surface area contributed by atoms with Crippen molar-refractivity contribution in [3.63, 3.8) is 0 Å². The molecule has 0 amide bonds. The molecule has 0 radical (unpaired) electrons. The van der Waals surface area contributed by atoms with E-state index in [1.54, 1.807) is 66.7 Å². The van der Waals surface area contributed by atoms with E-state index >= 15 is 0 Å². The van der Waals surface area contributed by atoms with Crippen molar-refractivity contribution in [2.45, 2.75) is 19.6 Å². The summed E-state index contributed by atoms with van der Waals surface area (Å²) in [5.74, 6) is 1.58. The first kappa shape index (κ1) is 20.1. The normalized spacial score (nSPS) is 11.5. The fourth-order valence-electron chi connectivity index (χ4n) is 2.34. The topological polar surface area (TPSA) is 54.0 Å². The van der Waals surface area contributed by atoms with Gasteiger partial charge in [0.2, 0.25) is 8.32 Å². The van der Waals surface area contributed by atoms with Gasteiger partial charge in [-0.15, -0.1) is 0 Å². The van der Waals surface area contributed by atoms with E-state index in [4.69, 9.17) is 18.0 Å². The maximum absolute atomic E-state index is 13.5. The molecule has 3 aromatic carbocycles. The Labute approximate surface area is 166 Å². The van der Waals surface area contributed by atoms with E-state index in [0.29, 0.717) is 23.0 Å². The molecule has 0 unspecified atom stereocenters. The summed E-state index contributed by atoms with van der Waals surface area (Å²) in [4.78, 5) is 0. The van der Waals surface area contributed by atoms with Gasteiger partial charge in [0.15, 0.2) is 5.75 Å². The molecule has 0 bridgehead atoms. The van der Waals surface area contributed by atoms with Crippen molar-refractivity contribution in [3.8, 4) is 23.0 Å². The Kier molecular flexibility index (Phi) is 6.12. The summed E-state index contributed by atoms with van der Waals surface area (Å²) in [7, 11) is -5.95. The molecule has 0 saturated heterocycles. The Morgan fingerprint density at radius 1 is 0.607 bits per heavy atom. The highest BCUT2D eigenvalue weighted by atomic mass is 31.2. The highest BCUT2D eigenvalue weighted by Crippen LogP contribution is 2.51. The van der Waals surface area contributed by atoms with Crippen molar-refractivity contribution in [1.82, 2.24) is 0 Å². The molecule has 3 rings (SSSR count). The van der Waals surface area contributed by atoms with Crippen LogP contribution in [0.3, 0.4) is 0 Å². The van der Waals surface area contributed by atoms with Crippen LogP contribution >= 0.6 is 7.82 Å². The van der Waals surface area contributed by atoms with E-state index in [0.717, 1.165) is 0 Å². The molecule has 0 saturated carbocycles. The van der Waals surface area contributed by atoms with Crippen LogP contribution in [-0.4, -0.2) is 8.32 Å². The Balaban J connectivity index is 1.92. The Hall–Kier alpha value is -2.69. The van der Waals surface area contributed by atoms with Crippen LogP contribution in [0.2, 0.25) is 19.6 Å². The summed E-state index contributed by atoms with van der Waals surface area (Å²) in [6.07, 6.45) is 0. The van der Waals surface area contributed by atoms with Crippen LogP contribution in [0, 0.1) is 0 Å². The van der Waals surface area contributed by atoms with Gasteiger partial charge in [0.25, 0.3) is 0 Å². The molecule has 0 aliphatic carbocycles. The first-order valence-corrected chi connectivity index (χ1v) is 13.8. The lowest BCUT2D eigenvalue weighted by Gasteiger charge is -2.24. The van der Waals surface area contributed by atoms with Crippen molar-refractivity contribution in [3.05, 3.63) is 84.9 Å². The van der Waals surface area contributed by atoms with Gasteiger partial charge in [-0.25, -0.2) is 0 Å². The van der Waals surface area contributed by atoms with Crippen molar-refractivity contribution in [2.24, 2.45) is 0 Å². The van der Waals surface area contributed by atoms with Crippen LogP contribution in [0.5, 0.6) is 23.0 Å². The molecule has 0 N–H and O–H groups in total. The second-order valence-electron chi connectivity index (χ2n) is 7.01. The van der Waals surface area contributed by atoms with Crippen molar-refractivity contribution >= 4 is 16.1 Å². The van der Waals surface area contributed by atoms with E-state index in [-0.39, 0.29) is 0 Å². The van der Waals surface area contributed by atoms with E-state index in [2.05, 4.69) is 19.6 Å². The number of benzene rings is 3. The molecule has 5 nitrogen and oxygen atoms in total. The van der Waals surface area contributed by atoms with Crippen LogP contribution in [0.25, 0.3) is 0 Å². The second kappa shape index (κ2) is 8.55. The molecular weight excluding hydrogens is 391 g/mol. The molecule has 0 fully saturated rings. The summed E-state index contributed by atoms with van der Waals surface area (Å²) >= 11 is 0. The monoisotopic (exact) mass is 414 g/mol. The van der Waals surface area contributed by atoms with Crippen molar-refractivity contribution in [2.75, 3.05) is 0 Å². The number of phosphoric acid groups is 1. The average Bonchev–Trinajstić information content (AvgIpc) is 2.64. The molecule has 146 valence electrons. The largest absolute Gasteiger partial charge is 0.647 e. The minimum absolute atomic E-state index is 0.306. The van der Waals surface area contributed by atoms with Gasteiger partial charge in [0, 0.05) is 0 Å². The van der Waals surface area contributed by atoms with Crippen molar-refractivity contribution < 1.29 is 22.6 Å². The zero-order chi connectivity index (χ0) is 20.0. The van der Waals surface area contributed by atoms with Crippen LogP contribution in [-0.2, 0) is 4.57 Å². The minimum Gasteiger partial charge on any atom is -0.542 e. The summed E-state index contributed by atoms with van der Waals surface area (Å²) in [5, 5.41) is 0. The smallest absolute Gasteiger partial charge is 0.542 e. The predicted octanol–water partition coefficient (Wildman–Crippen LogP) is 6.55. The van der Waals surface area contributed by atoms with Gasteiger partial charge in [-0.05, 0) is 56.0 Å². The van der Waals surface area contributed by atoms with Gasteiger partial charge < -0.3 is 18.0 Å². The average molecular weight is 414 g/mol. The van der Waals surface area contributed by atoms with E-state index in [1.165, 1.54) is 0 Å². The molecule has 0 spiro atoms. The second-order valence-corrected chi connectivity index (χ2v) is 12.9. The summed E-state index contributed by atoms with van der Waals surface area (Å²) in [6.45, 7) is 6.18. The molecule has 7 heteroatoms. The predicted molar refractivity (Wildman–Crippen MR) is 113 cm³/mol. The lowest BCUT2D eigenvalue weighted by molar-refractivity contribution is 0.295. The minimum atomic E-state index is -4.04. The lowest BCUT2D eigenvalue weighted by atomic mass is 10.3. The molecule has 3 aromatic rings. The fourth-order valence-corrected chi connectivity index (χ4v) is 4.43. The lowest BCUT2D eigenvalue weighted by Crippen LogP contribution is -2.29. The van der Waals surface area contributed by atoms with Gasteiger partial charge in [-0.3, -0.25) is 0 Å². The fraction of sp³-hybridized carbons (Fsp3) is 0.143. The number of hydrogen-bond donors (Lipinski definition) is 0. The zero-order valence-electron chi connectivity index (χ0n) is 16.1. The molecule has 0 aromatic heterocycles. The summed E-state index contributed by atoms with van der Waals surface area (Å²) < 4.78 is 36.7. The van der Waals surface area contributed by atoms with Gasteiger partial charge >= 0.3 is 7.82 Å². The molecule has 28 heavy (non-hydrogen) atoms. The van der Waals surface area contributed by atoms with E-state index in [9.17, 15) is 4.57 Å². The van der Waals surface area contributed by atoms with Gasteiger partial charge in [-0.2, -0.15) is 4.57 Å². The van der Waals surface area contributed by atoms with Gasteiger partial charge in [0.05, 0.1) is 0 Å². The molecule has 0 heterocycles. The van der Waals surface area contributed by atoms with Crippen LogP contribution in [0.1, 0.15) is 0 Å². The Bertz CT molecular complexity index is 896. The maximum atomic E-state index is 13.5. The van der Waals surface area contributed by atoms with E-state index in [1.807, 2.05) is 18.2 Å². The Morgan fingerprint density at radius 2 is 1.04 bits per heavy atom. The zero-order valence-corrected chi connectivity index (χ0v) is 18.0. The third-order valence-electron chi connectivity index (χ3n) is 3.40. The Morgan fingerprint density at radius 3 is 1.50 bits per heavy atom. The van der Waals surface area contributed by atoms with Crippen molar-refractivity contribution in [1.29, 1.82) is 0 Å². The number of phosphoric ester groups is 1. The summed E-state index contributed by atoms with van der Waals surface area (Å²) in [6, 6.07) is 24.7. The van der Waals surface area contributed by atoms with Crippen LogP contribution in [0.15, 0.2) is 84.9 Å². The standard InChI is InChI=1S/C21H23O5PSi/c1-28(2,3)26-21-17-11-10-16-20(21)25-27(22,23-18-12-6-4-7-13-18)24-19-14-8-5-9-15-19/h4-17H,1-3H3. The van der Waals surface area contributed by atoms with Gasteiger partial charge in [-0.1, -0.05) is 48.5 Å². The first-order chi connectivity index (χ1) is 13.3. The SMILES string of the molecule is C[Si](C)(C)Oc1ccccc1OP(=O)(Oc1ccccc1)Oc1ccccc1. The third-order valence-corrected chi connectivity index (χ3v) is 5.52. The number of para-hydroxylation sites is 4. The number of hydrogen-bond acceptors (Lipinski definition) is 5. The first-order valence-electron chi connectivity index (χ1n) is 8.90. The van der Waals surface area contributed by atoms with Crippen LogP contribution < -0.4 is 18.0 Å². The van der Waals surface area contributed by atoms with Gasteiger partial charge in [0.1, 0.15) is 17.2 Å². The molecular formula is C21H23O5PSi. The molecule has 0 atom stereocenters. The maximum Gasteiger partial charge on any atom is 0.647 e.